The maximum atomic E-state index is 5.05. The maximum Gasteiger partial charge on any atom is 0.0598 e. The second-order valence-corrected chi connectivity index (χ2v) is 5.38. The minimum Gasteiger partial charge on any atom is -0.106 e. The first kappa shape index (κ1) is 14.9. The third-order valence-corrected chi connectivity index (χ3v) is 4.20. The molecule has 1 saturated carbocycles. The number of hydrogen-bond donors (Lipinski definition) is 0. The molecule has 1 aromatic rings. The minimum absolute atomic E-state index is 0.0757. The minimum atomic E-state index is -0.0757. The van der Waals surface area contributed by atoms with Crippen LogP contribution in [0.5, 0.6) is 0 Å². The highest BCUT2D eigenvalue weighted by atomic mass is 14.4. The van der Waals surface area contributed by atoms with Crippen molar-refractivity contribution in [2.24, 2.45) is 5.92 Å². The SMILES string of the molecule is C#CC#CC#CC#CC1(c2ccccc2)CCCCC1C. The van der Waals surface area contributed by atoms with Crippen LogP contribution in [0.15, 0.2) is 30.3 Å². The summed E-state index contributed by atoms with van der Waals surface area (Å²) in [6, 6.07) is 10.6. The molecule has 21 heavy (non-hydrogen) atoms. The van der Waals surface area contributed by atoms with Crippen LogP contribution in [0.1, 0.15) is 38.2 Å². The van der Waals surface area contributed by atoms with Crippen LogP contribution < -0.4 is 0 Å². The smallest absolute Gasteiger partial charge is 0.0598 e. The van der Waals surface area contributed by atoms with Gasteiger partial charge in [0.2, 0.25) is 0 Å². The van der Waals surface area contributed by atoms with Crippen molar-refractivity contribution in [3.8, 4) is 47.9 Å². The molecule has 0 saturated heterocycles. The topological polar surface area (TPSA) is 0 Å². The zero-order valence-corrected chi connectivity index (χ0v) is 12.4. The first-order valence-corrected chi connectivity index (χ1v) is 7.33. The zero-order valence-electron chi connectivity index (χ0n) is 12.4. The number of terminal acetylenes is 1. The Morgan fingerprint density at radius 1 is 1.00 bits per heavy atom. The van der Waals surface area contributed by atoms with Crippen molar-refractivity contribution in [2.45, 2.75) is 38.0 Å². The molecule has 0 aliphatic heterocycles. The molecule has 102 valence electrons. The van der Waals surface area contributed by atoms with Gasteiger partial charge in [0, 0.05) is 0 Å². The predicted molar refractivity (Wildman–Crippen MR) is 87.9 cm³/mol. The van der Waals surface area contributed by atoms with Gasteiger partial charge in [-0.1, -0.05) is 56.0 Å². The summed E-state index contributed by atoms with van der Waals surface area (Å²) in [5, 5.41) is 0. The highest BCUT2D eigenvalue weighted by Gasteiger charge is 2.38. The average molecular weight is 270 g/mol. The third-order valence-electron chi connectivity index (χ3n) is 4.20. The van der Waals surface area contributed by atoms with E-state index in [1.165, 1.54) is 24.8 Å². The standard InChI is InChI=1S/C21H18/c1-3-4-5-6-7-12-17-21(18-13-11-14-19(21)2)20-15-9-8-10-16-20/h1,8-10,15-16,19H,11,13-14,18H2,2H3. The molecule has 0 N–H and O–H groups in total. The Labute approximate surface area is 128 Å². The van der Waals surface area contributed by atoms with Gasteiger partial charge in [-0.2, -0.15) is 0 Å². The summed E-state index contributed by atoms with van der Waals surface area (Å²) in [4.78, 5) is 0. The van der Waals surface area contributed by atoms with Crippen LogP contribution in [0.4, 0.5) is 0 Å². The Hall–Kier alpha value is -2.54. The van der Waals surface area contributed by atoms with Gasteiger partial charge in [-0.15, -0.1) is 6.42 Å². The molecule has 2 unspecified atom stereocenters. The van der Waals surface area contributed by atoms with Crippen LogP contribution in [-0.4, -0.2) is 0 Å². The Kier molecular flexibility index (Phi) is 5.16. The fraction of sp³-hybridized carbons (Fsp3) is 0.333. The van der Waals surface area contributed by atoms with E-state index in [2.05, 4.69) is 72.6 Å². The van der Waals surface area contributed by atoms with Gasteiger partial charge in [0.25, 0.3) is 0 Å². The summed E-state index contributed by atoms with van der Waals surface area (Å²) in [5.74, 6) is 19.8. The lowest BCUT2D eigenvalue weighted by Crippen LogP contribution is -2.35. The van der Waals surface area contributed by atoms with Crippen LogP contribution in [0.25, 0.3) is 0 Å². The molecule has 0 heteroatoms. The van der Waals surface area contributed by atoms with Crippen molar-refractivity contribution in [2.75, 3.05) is 0 Å². The van der Waals surface area contributed by atoms with E-state index in [-0.39, 0.29) is 5.41 Å². The molecule has 0 radical (unpaired) electrons. The lowest BCUT2D eigenvalue weighted by molar-refractivity contribution is 0.264. The van der Waals surface area contributed by atoms with Crippen LogP contribution in [0, 0.1) is 53.8 Å². The quantitative estimate of drug-likeness (QED) is 0.681. The van der Waals surface area contributed by atoms with Gasteiger partial charge in [-0.05, 0) is 59.8 Å². The van der Waals surface area contributed by atoms with Crippen molar-refractivity contribution >= 4 is 0 Å². The van der Waals surface area contributed by atoms with Crippen molar-refractivity contribution in [1.82, 2.24) is 0 Å². The Balaban J connectivity index is 2.36. The van der Waals surface area contributed by atoms with Crippen molar-refractivity contribution < 1.29 is 0 Å². The lowest BCUT2D eigenvalue weighted by atomic mass is 9.63. The van der Waals surface area contributed by atoms with Gasteiger partial charge in [0.1, 0.15) is 0 Å². The summed E-state index contributed by atoms with van der Waals surface area (Å²) >= 11 is 0. The fourth-order valence-corrected chi connectivity index (χ4v) is 3.04. The molecule has 0 nitrogen and oxygen atoms in total. The summed E-state index contributed by atoms with van der Waals surface area (Å²) < 4.78 is 0. The molecule has 1 aromatic carbocycles. The van der Waals surface area contributed by atoms with E-state index in [1.54, 1.807) is 0 Å². The van der Waals surface area contributed by atoms with Crippen LogP contribution in [0.3, 0.4) is 0 Å². The summed E-state index contributed by atoms with van der Waals surface area (Å²) in [7, 11) is 0. The molecular weight excluding hydrogens is 252 g/mol. The highest BCUT2D eigenvalue weighted by Crippen LogP contribution is 2.43. The molecule has 0 amide bonds. The van der Waals surface area contributed by atoms with Gasteiger partial charge in [0.05, 0.1) is 5.41 Å². The second-order valence-electron chi connectivity index (χ2n) is 5.38. The van der Waals surface area contributed by atoms with Gasteiger partial charge < -0.3 is 0 Å². The highest BCUT2D eigenvalue weighted by molar-refractivity contribution is 5.44. The molecular formula is C21H18. The van der Waals surface area contributed by atoms with E-state index in [9.17, 15) is 0 Å². The molecule has 2 rings (SSSR count). The van der Waals surface area contributed by atoms with E-state index in [4.69, 9.17) is 6.42 Å². The monoisotopic (exact) mass is 270 g/mol. The van der Waals surface area contributed by atoms with Gasteiger partial charge >= 0.3 is 0 Å². The Bertz CT molecular complexity index is 698. The van der Waals surface area contributed by atoms with Crippen LogP contribution in [0.2, 0.25) is 0 Å². The molecule has 1 aliphatic rings. The number of hydrogen-bond acceptors (Lipinski definition) is 0. The van der Waals surface area contributed by atoms with E-state index in [0.717, 1.165) is 6.42 Å². The Morgan fingerprint density at radius 3 is 2.43 bits per heavy atom. The van der Waals surface area contributed by atoms with Gasteiger partial charge in [0.15, 0.2) is 0 Å². The maximum absolute atomic E-state index is 5.05. The normalized spacial score (nSPS) is 23.1. The molecule has 0 heterocycles. The molecule has 0 aromatic heterocycles. The average Bonchev–Trinajstić information content (AvgIpc) is 2.53. The van der Waals surface area contributed by atoms with Gasteiger partial charge in [-0.3, -0.25) is 0 Å². The summed E-state index contributed by atoms with van der Waals surface area (Å²) in [6.45, 7) is 2.30. The van der Waals surface area contributed by atoms with Gasteiger partial charge in [-0.25, -0.2) is 0 Å². The van der Waals surface area contributed by atoms with E-state index < -0.39 is 0 Å². The molecule has 1 aliphatic carbocycles. The molecule has 0 bridgehead atoms. The molecule has 2 atom stereocenters. The first-order chi connectivity index (χ1) is 10.3. The number of rotatable bonds is 1. The Morgan fingerprint density at radius 2 is 1.71 bits per heavy atom. The van der Waals surface area contributed by atoms with E-state index in [1.807, 2.05) is 6.07 Å². The van der Waals surface area contributed by atoms with Crippen molar-refractivity contribution in [3.63, 3.8) is 0 Å². The van der Waals surface area contributed by atoms with Crippen molar-refractivity contribution in [3.05, 3.63) is 35.9 Å². The fourth-order valence-electron chi connectivity index (χ4n) is 3.04. The van der Waals surface area contributed by atoms with Crippen LogP contribution >= 0.6 is 0 Å². The first-order valence-electron chi connectivity index (χ1n) is 7.33. The van der Waals surface area contributed by atoms with Crippen LogP contribution in [-0.2, 0) is 5.41 Å². The van der Waals surface area contributed by atoms with E-state index in [0.29, 0.717) is 5.92 Å². The molecule has 0 spiro atoms. The predicted octanol–water partition coefficient (Wildman–Crippen LogP) is 3.78. The van der Waals surface area contributed by atoms with Crippen molar-refractivity contribution in [1.29, 1.82) is 0 Å². The lowest BCUT2D eigenvalue weighted by Gasteiger charge is -2.39. The number of benzene rings is 1. The summed E-state index contributed by atoms with van der Waals surface area (Å²) in [5.41, 5.74) is 1.23. The molecule has 1 fully saturated rings. The zero-order chi connectivity index (χ0) is 15.0. The van der Waals surface area contributed by atoms with E-state index >= 15 is 0 Å². The summed E-state index contributed by atoms with van der Waals surface area (Å²) in [6.07, 6.45) is 9.87. The third kappa shape index (κ3) is 3.51. The largest absolute Gasteiger partial charge is 0.106 e. The second kappa shape index (κ2) is 7.30.